The molecule has 3 N–H and O–H groups in total. The van der Waals surface area contributed by atoms with Crippen LogP contribution in [0.3, 0.4) is 0 Å². The predicted molar refractivity (Wildman–Crippen MR) is 88.3 cm³/mol. The van der Waals surface area contributed by atoms with Gasteiger partial charge in [0.1, 0.15) is 0 Å². The highest BCUT2D eigenvalue weighted by Gasteiger charge is 2.28. The van der Waals surface area contributed by atoms with Crippen LogP contribution in [-0.2, 0) is 4.79 Å². The molecule has 1 aromatic carbocycles. The van der Waals surface area contributed by atoms with E-state index in [0.29, 0.717) is 12.1 Å². The van der Waals surface area contributed by atoms with Crippen LogP contribution >= 0.6 is 0 Å². The van der Waals surface area contributed by atoms with Gasteiger partial charge in [-0.2, -0.15) is 0 Å². The number of unbranched alkanes of at least 4 members (excludes halogenated alkanes) is 1. The first-order valence-electron chi connectivity index (χ1n) is 8.00. The molecule has 1 aliphatic carbocycles. The van der Waals surface area contributed by atoms with Crippen LogP contribution < -0.4 is 11.1 Å². The zero-order chi connectivity index (χ0) is 15.2. The number of nitrogens with two attached hydrogens (primary N) is 1. The van der Waals surface area contributed by atoms with E-state index in [1.807, 2.05) is 25.1 Å². The third-order valence-corrected chi connectivity index (χ3v) is 4.02. The molecule has 1 aromatic rings. The van der Waals surface area contributed by atoms with Gasteiger partial charge in [0.05, 0.1) is 0 Å². The van der Waals surface area contributed by atoms with Crippen LogP contribution in [0.1, 0.15) is 44.6 Å². The number of nitrogens with zero attached hydrogens (tertiary/aromatic N) is 1. The first kappa shape index (κ1) is 15.8. The van der Waals surface area contributed by atoms with Gasteiger partial charge in [0.15, 0.2) is 0 Å². The number of amides is 1. The Labute approximate surface area is 127 Å². The lowest BCUT2D eigenvalue weighted by atomic mass is 10.2. The van der Waals surface area contributed by atoms with Crippen LogP contribution in [0.5, 0.6) is 0 Å². The number of anilines is 2. The Balaban J connectivity index is 1.82. The normalized spacial score (nSPS) is 14.4. The van der Waals surface area contributed by atoms with Gasteiger partial charge in [-0.15, -0.1) is 0 Å². The van der Waals surface area contributed by atoms with E-state index in [1.54, 1.807) is 0 Å². The molecule has 1 saturated carbocycles. The molecule has 1 fully saturated rings. The van der Waals surface area contributed by atoms with Crippen molar-refractivity contribution >= 4 is 17.3 Å². The molecule has 0 bridgehead atoms. The van der Waals surface area contributed by atoms with Gasteiger partial charge >= 0.3 is 0 Å². The van der Waals surface area contributed by atoms with E-state index in [-0.39, 0.29) is 5.91 Å². The Bertz CT molecular complexity index is 483. The lowest BCUT2D eigenvalue weighted by molar-refractivity contribution is -0.116. The number of benzene rings is 1. The summed E-state index contributed by atoms with van der Waals surface area (Å²) in [5.74, 6) is 0.0749. The molecule has 2 rings (SSSR count). The highest BCUT2D eigenvalue weighted by atomic mass is 16.1. The van der Waals surface area contributed by atoms with Crippen LogP contribution in [0.15, 0.2) is 18.2 Å². The Morgan fingerprint density at radius 3 is 2.81 bits per heavy atom. The molecule has 1 amide bonds. The zero-order valence-corrected chi connectivity index (χ0v) is 13.2. The van der Waals surface area contributed by atoms with E-state index in [0.717, 1.165) is 30.4 Å². The summed E-state index contributed by atoms with van der Waals surface area (Å²) >= 11 is 0. The van der Waals surface area contributed by atoms with Crippen molar-refractivity contribution in [2.24, 2.45) is 0 Å². The maximum absolute atomic E-state index is 12.1. The molecular formula is C17H27N3O. The summed E-state index contributed by atoms with van der Waals surface area (Å²) in [6.07, 6.45) is 5.55. The van der Waals surface area contributed by atoms with Gasteiger partial charge in [-0.1, -0.05) is 19.4 Å². The van der Waals surface area contributed by atoms with E-state index in [4.69, 9.17) is 5.73 Å². The molecule has 0 aromatic heterocycles. The third kappa shape index (κ3) is 5.05. The topological polar surface area (TPSA) is 58.4 Å². The molecule has 0 saturated heterocycles. The fraction of sp³-hybridized carbons (Fsp3) is 0.588. The highest BCUT2D eigenvalue weighted by molar-refractivity contribution is 5.92. The Morgan fingerprint density at radius 1 is 1.38 bits per heavy atom. The van der Waals surface area contributed by atoms with Crippen LogP contribution in [0.4, 0.5) is 11.4 Å². The van der Waals surface area contributed by atoms with Gasteiger partial charge in [-0.05, 0) is 50.4 Å². The molecule has 0 spiro atoms. The monoisotopic (exact) mass is 289 g/mol. The molecule has 1 aliphatic rings. The van der Waals surface area contributed by atoms with Crippen LogP contribution in [-0.4, -0.2) is 29.9 Å². The zero-order valence-electron chi connectivity index (χ0n) is 13.2. The van der Waals surface area contributed by atoms with Crippen molar-refractivity contribution in [3.05, 3.63) is 23.8 Å². The van der Waals surface area contributed by atoms with Crippen LogP contribution in [0, 0.1) is 6.92 Å². The molecule has 0 heterocycles. The number of hydrogen-bond donors (Lipinski definition) is 2. The van der Waals surface area contributed by atoms with Crippen molar-refractivity contribution in [1.29, 1.82) is 0 Å². The van der Waals surface area contributed by atoms with Crippen molar-refractivity contribution in [1.82, 2.24) is 4.90 Å². The number of hydrogen-bond acceptors (Lipinski definition) is 3. The molecule has 4 heteroatoms. The van der Waals surface area contributed by atoms with Crippen molar-refractivity contribution in [3.63, 3.8) is 0 Å². The predicted octanol–water partition coefficient (Wildman–Crippen LogP) is 3.17. The second-order valence-electron chi connectivity index (χ2n) is 5.99. The Morgan fingerprint density at radius 2 is 2.14 bits per heavy atom. The first-order valence-corrected chi connectivity index (χ1v) is 8.00. The summed E-state index contributed by atoms with van der Waals surface area (Å²) in [4.78, 5) is 14.6. The number of nitrogens with one attached hydrogen (secondary N) is 1. The van der Waals surface area contributed by atoms with Gasteiger partial charge in [0.2, 0.25) is 5.91 Å². The lowest BCUT2D eigenvalue weighted by Crippen LogP contribution is -2.30. The molecular weight excluding hydrogens is 262 g/mol. The maximum atomic E-state index is 12.1. The summed E-state index contributed by atoms with van der Waals surface area (Å²) in [5.41, 5.74) is 8.32. The van der Waals surface area contributed by atoms with E-state index in [1.165, 1.54) is 25.7 Å². The van der Waals surface area contributed by atoms with E-state index in [2.05, 4.69) is 17.1 Å². The average molecular weight is 289 g/mol. The quantitative estimate of drug-likeness (QED) is 0.723. The van der Waals surface area contributed by atoms with Gasteiger partial charge in [-0.3, -0.25) is 9.69 Å². The summed E-state index contributed by atoms with van der Waals surface area (Å²) in [5, 5.41) is 2.98. The largest absolute Gasteiger partial charge is 0.399 e. The number of carbonyl (C=O) groups excluding carboxylic acids is 1. The number of rotatable bonds is 8. The van der Waals surface area contributed by atoms with Crippen molar-refractivity contribution < 1.29 is 4.79 Å². The van der Waals surface area contributed by atoms with E-state index < -0.39 is 0 Å². The molecule has 116 valence electrons. The number of carbonyl (C=O) groups is 1. The molecule has 21 heavy (non-hydrogen) atoms. The fourth-order valence-electron chi connectivity index (χ4n) is 2.51. The highest BCUT2D eigenvalue weighted by Crippen LogP contribution is 2.27. The second kappa shape index (κ2) is 7.46. The molecule has 4 nitrogen and oxygen atoms in total. The SMILES string of the molecule is CCCCN(CCC(=O)Nc1cc(N)ccc1C)C1CC1. The third-order valence-electron chi connectivity index (χ3n) is 4.02. The van der Waals surface area contributed by atoms with Crippen molar-refractivity contribution in [3.8, 4) is 0 Å². The van der Waals surface area contributed by atoms with Gasteiger partial charge in [0, 0.05) is 30.4 Å². The van der Waals surface area contributed by atoms with E-state index in [9.17, 15) is 4.79 Å². The first-order chi connectivity index (χ1) is 10.1. The maximum Gasteiger partial charge on any atom is 0.225 e. The summed E-state index contributed by atoms with van der Waals surface area (Å²) in [6.45, 7) is 6.16. The molecule has 0 aliphatic heterocycles. The number of nitrogen functional groups attached to an aromatic ring is 1. The lowest BCUT2D eigenvalue weighted by Gasteiger charge is -2.21. The smallest absolute Gasteiger partial charge is 0.225 e. The molecule has 0 unspecified atom stereocenters. The van der Waals surface area contributed by atoms with Crippen LogP contribution in [0.25, 0.3) is 0 Å². The number of aryl methyl sites for hydroxylation is 1. The minimum Gasteiger partial charge on any atom is -0.399 e. The van der Waals surface area contributed by atoms with Crippen LogP contribution in [0.2, 0.25) is 0 Å². The average Bonchev–Trinajstić information content (AvgIpc) is 3.27. The van der Waals surface area contributed by atoms with Gasteiger partial charge in [-0.25, -0.2) is 0 Å². The molecule has 0 radical (unpaired) electrons. The minimum atomic E-state index is 0.0749. The standard InChI is InChI=1S/C17H27N3O/c1-3-4-10-20(15-7-8-15)11-9-17(21)19-16-12-14(18)6-5-13(16)2/h5-6,12,15H,3-4,7-11,18H2,1-2H3,(H,19,21). The van der Waals surface area contributed by atoms with Crippen molar-refractivity contribution in [2.75, 3.05) is 24.1 Å². The minimum absolute atomic E-state index is 0.0749. The second-order valence-corrected chi connectivity index (χ2v) is 5.99. The van der Waals surface area contributed by atoms with E-state index >= 15 is 0 Å². The summed E-state index contributed by atoms with van der Waals surface area (Å²) in [7, 11) is 0. The summed E-state index contributed by atoms with van der Waals surface area (Å²) in [6, 6.07) is 6.33. The van der Waals surface area contributed by atoms with Crippen molar-refractivity contribution in [2.45, 2.75) is 52.0 Å². The summed E-state index contributed by atoms with van der Waals surface area (Å²) < 4.78 is 0. The fourth-order valence-corrected chi connectivity index (χ4v) is 2.51. The Hall–Kier alpha value is -1.55. The van der Waals surface area contributed by atoms with Gasteiger partial charge in [0.25, 0.3) is 0 Å². The van der Waals surface area contributed by atoms with Gasteiger partial charge < -0.3 is 11.1 Å². The molecule has 0 atom stereocenters. The Kier molecular flexibility index (Phi) is 5.62.